The minimum absolute atomic E-state index is 0.191. The maximum atomic E-state index is 11.8. The van der Waals surface area contributed by atoms with Crippen LogP contribution < -0.4 is 5.32 Å². The molecule has 2 aromatic rings. The van der Waals surface area contributed by atoms with E-state index in [0.29, 0.717) is 6.54 Å². The highest BCUT2D eigenvalue weighted by Crippen LogP contribution is 1.99. The van der Waals surface area contributed by atoms with Crippen LogP contribution in [-0.2, 0) is 16.2 Å². The lowest BCUT2D eigenvalue weighted by Crippen LogP contribution is -2.33. The fourth-order valence-corrected chi connectivity index (χ4v) is 1.70. The molecule has 0 heterocycles. The molecular weight excluding hydrogens is 264 g/mol. The largest absolute Gasteiger partial charge is 0.383 e. The number of hydrogen-bond donors (Lipinski definition) is 1. The third-order valence-corrected chi connectivity index (χ3v) is 2.90. The fourth-order valence-electron chi connectivity index (χ4n) is 1.70. The van der Waals surface area contributed by atoms with Crippen LogP contribution in [0, 0.1) is 0 Å². The van der Waals surface area contributed by atoms with E-state index in [2.05, 4.69) is 10.5 Å². The highest BCUT2D eigenvalue weighted by atomic mass is 16.6. The second kappa shape index (κ2) is 7.85. The van der Waals surface area contributed by atoms with Crippen molar-refractivity contribution in [3.8, 4) is 0 Å². The van der Waals surface area contributed by atoms with Crippen molar-refractivity contribution < 1.29 is 9.63 Å². The Hall–Kier alpha value is -2.62. The summed E-state index contributed by atoms with van der Waals surface area (Å²) in [5.74, 6) is -0.191. The number of benzene rings is 2. The molecule has 0 aliphatic heterocycles. The number of nitrogens with zero attached hydrogens (tertiary/aromatic N) is 1. The predicted octanol–water partition coefficient (Wildman–Crippen LogP) is 2.74. The molecule has 0 spiro atoms. The summed E-state index contributed by atoms with van der Waals surface area (Å²) < 4.78 is 0. The Bertz CT molecular complexity index is 582. The summed E-state index contributed by atoms with van der Waals surface area (Å²) in [5, 5.41) is 6.64. The van der Waals surface area contributed by atoms with Gasteiger partial charge in [0.15, 0.2) is 0 Å². The summed E-state index contributed by atoms with van der Waals surface area (Å²) in [5.41, 5.74) is 1.97. The van der Waals surface area contributed by atoms with Crippen LogP contribution in [0.3, 0.4) is 0 Å². The van der Waals surface area contributed by atoms with E-state index in [4.69, 9.17) is 4.84 Å². The van der Waals surface area contributed by atoms with Gasteiger partial charge in [-0.15, -0.1) is 0 Å². The zero-order chi connectivity index (χ0) is 14.9. The molecule has 4 nitrogen and oxygen atoms in total. The number of carbonyl (C=O) groups excluding carboxylic acids is 1. The Balaban J connectivity index is 1.76. The molecule has 2 rings (SSSR count). The van der Waals surface area contributed by atoms with E-state index < -0.39 is 6.10 Å². The first-order valence-corrected chi connectivity index (χ1v) is 6.81. The first-order chi connectivity index (χ1) is 10.3. The van der Waals surface area contributed by atoms with Gasteiger partial charge in [0.05, 0.1) is 6.21 Å². The number of rotatable bonds is 6. The Morgan fingerprint density at radius 1 is 1.14 bits per heavy atom. The SMILES string of the molecule is C[C@@H](O/N=C\c1ccccc1)C(=O)NCc1ccccc1. The van der Waals surface area contributed by atoms with E-state index in [1.54, 1.807) is 13.1 Å². The maximum Gasteiger partial charge on any atom is 0.263 e. The number of nitrogens with one attached hydrogen (secondary N) is 1. The van der Waals surface area contributed by atoms with Crippen LogP contribution in [0.5, 0.6) is 0 Å². The van der Waals surface area contributed by atoms with Crippen LogP contribution >= 0.6 is 0 Å². The summed E-state index contributed by atoms with van der Waals surface area (Å²) in [6.45, 7) is 2.15. The third-order valence-electron chi connectivity index (χ3n) is 2.90. The first kappa shape index (κ1) is 14.8. The van der Waals surface area contributed by atoms with Gasteiger partial charge in [-0.05, 0) is 18.1 Å². The summed E-state index contributed by atoms with van der Waals surface area (Å²) >= 11 is 0. The molecule has 21 heavy (non-hydrogen) atoms. The minimum Gasteiger partial charge on any atom is -0.383 e. The zero-order valence-corrected chi connectivity index (χ0v) is 11.9. The van der Waals surface area contributed by atoms with Crippen molar-refractivity contribution in [2.45, 2.75) is 19.6 Å². The van der Waals surface area contributed by atoms with E-state index in [0.717, 1.165) is 11.1 Å². The normalized spacial score (nSPS) is 12.0. The molecule has 0 aromatic heterocycles. The lowest BCUT2D eigenvalue weighted by molar-refractivity contribution is -0.131. The highest BCUT2D eigenvalue weighted by Gasteiger charge is 2.13. The van der Waals surface area contributed by atoms with Gasteiger partial charge < -0.3 is 10.2 Å². The molecule has 0 saturated heterocycles. The van der Waals surface area contributed by atoms with Gasteiger partial charge in [-0.1, -0.05) is 65.8 Å². The molecule has 0 aliphatic rings. The molecule has 108 valence electrons. The first-order valence-electron chi connectivity index (χ1n) is 6.81. The standard InChI is InChI=1S/C17H18N2O2/c1-14(21-19-13-16-10-6-3-7-11-16)17(20)18-12-15-8-4-2-5-9-15/h2-11,13-14H,12H2,1H3,(H,18,20)/b19-13-/t14-/m1/s1. The lowest BCUT2D eigenvalue weighted by Gasteiger charge is -2.10. The van der Waals surface area contributed by atoms with Gasteiger partial charge in [0.1, 0.15) is 0 Å². The third kappa shape index (κ3) is 5.10. The van der Waals surface area contributed by atoms with Gasteiger partial charge in [-0.3, -0.25) is 4.79 Å². The smallest absolute Gasteiger partial charge is 0.263 e. The monoisotopic (exact) mass is 282 g/mol. The summed E-state index contributed by atoms with van der Waals surface area (Å²) in [6, 6.07) is 19.3. The topological polar surface area (TPSA) is 50.7 Å². The van der Waals surface area contributed by atoms with Crippen molar-refractivity contribution in [2.24, 2.45) is 5.16 Å². The average molecular weight is 282 g/mol. The van der Waals surface area contributed by atoms with Crippen LogP contribution in [0.25, 0.3) is 0 Å². The molecular formula is C17H18N2O2. The van der Waals surface area contributed by atoms with Gasteiger partial charge in [0.2, 0.25) is 6.10 Å². The van der Waals surface area contributed by atoms with Crippen molar-refractivity contribution in [3.63, 3.8) is 0 Å². The number of hydrogen-bond acceptors (Lipinski definition) is 3. The van der Waals surface area contributed by atoms with Crippen LogP contribution in [0.4, 0.5) is 0 Å². The molecule has 1 amide bonds. The molecule has 2 aromatic carbocycles. The molecule has 0 bridgehead atoms. The molecule has 4 heteroatoms. The molecule has 0 unspecified atom stereocenters. The van der Waals surface area contributed by atoms with Crippen LogP contribution in [-0.4, -0.2) is 18.2 Å². The molecule has 0 aliphatic carbocycles. The Morgan fingerprint density at radius 2 is 1.76 bits per heavy atom. The second-order valence-electron chi connectivity index (χ2n) is 4.60. The summed E-state index contributed by atoms with van der Waals surface area (Å²) in [4.78, 5) is 17.0. The number of amides is 1. The fraction of sp³-hybridized carbons (Fsp3) is 0.176. The maximum absolute atomic E-state index is 11.8. The van der Waals surface area contributed by atoms with Gasteiger partial charge in [0.25, 0.3) is 5.91 Å². The lowest BCUT2D eigenvalue weighted by atomic mass is 10.2. The van der Waals surface area contributed by atoms with Gasteiger partial charge in [-0.25, -0.2) is 0 Å². The second-order valence-corrected chi connectivity index (χ2v) is 4.60. The van der Waals surface area contributed by atoms with Gasteiger partial charge in [0, 0.05) is 6.54 Å². The Morgan fingerprint density at radius 3 is 2.43 bits per heavy atom. The molecule has 1 atom stereocenters. The van der Waals surface area contributed by atoms with Crippen molar-refractivity contribution in [1.82, 2.24) is 5.32 Å². The van der Waals surface area contributed by atoms with E-state index in [-0.39, 0.29) is 5.91 Å². The predicted molar refractivity (Wildman–Crippen MR) is 82.9 cm³/mol. The van der Waals surface area contributed by atoms with Crippen molar-refractivity contribution in [3.05, 3.63) is 71.8 Å². The average Bonchev–Trinajstić information content (AvgIpc) is 2.54. The van der Waals surface area contributed by atoms with E-state index in [9.17, 15) is 4.79 Å². The number of carbonyl (C=O) groups is 1. The van der Waals surface area contributed by atoms with Crippen molar-refractivity contribution >= 4 is 12.1 Å². The van der Waals surface area contributed by atoms with Crippen molar-refractivity contribution in [1.29, 1.82) is 0 Å². The Kier molecular flexibility index (Phi) is 5.52. The summed E-state index contributed by atoms with van der Waals surface area (Å²) in [6.07, 6.45) is 0.953. The van der Waals surface area contributed by atoms with Crippen LogP contribution in [0.2, 0.25) is 0 Å². The highest BCUT2D eigenvalue weighted by molar-refractivity contribution is 5.81. The van der Waals surface area contributed by atoms with Crippen LogP contribution in [0.15, 0.2) is 65.8 Å². The molecule has 0 fully saturated rings. The zero-order valence-electron chi connectivity index (χ0n) is 11.9. The molecule has 0 radical (unpaired) electrons. The summed E-state index contributed by atoms with van der Waals surface area (Å²) in [7, 11) is 0. The molecule has 0 saturated carbocycles. The van der Waals surface area contributed by atoms with E-state index in [1.807, 2.05) is 60.7 Å². The minimum atomic E-state index is -0.631. The quantitative estimate of drug-likeness (QED) is 0.654. The number of oxime groups is 1. The molecule has 1 N–H and O–H groups in total. The van der Waals surface area contributed by atoms with Gasteiger partial charge in [-0.2, -0.15) is 0 Å². The Labute approximate surface area is 124 Å². The van der Waals surface area contributed by atoms with Gasteiger partial charge >= 0.3 is 0 Å². The van der Waals surface area contributed by atoms with E-state index in [1.165, 1.54) is 0 Å². The van der Waals surface area contributed by atoms with Crippen LogP contribution in [0.1, 0.15) is 18.1 Å². The van der Waals surface area contributed by atoms with E-state index >= 15 is 0 Å². The van der Waals surface area contributed by atoms with Crippen molar-refractivity contribution in [2.75, 3.05) is 0 Å².